The Balaban J connectivity index is 2.63. The third kappa shape index (κ3) is 4.88. The van der Waals surface area contributed by atoms with Crippen LogP contribution in [0.2, 0.25) is 0 Å². The van der Waals surface area contributed by atoms with E-state index in [1.165, 1.54) is 0 Å². The minimum atomic E-state index is -3.35. The first-order valence-electron chi connectivity index (χ1n) is 7.30. The topological polar surface area (TPSA) is 49.4 Å². The van der Waals surface area contributed by atoms with Gasteiger partial charge in [-0.3, -0.25) is 0 Å². The van der Waals surface area contributed by atoms with Gasteiger partial charge in [0.2, 0.25) is 0 Å². The van der Waals surface area contributed by atoms with E-state index in [1.807, 2.05) is 0 Å². The van der Waals surface area contributed by atoms with Crippen LogP contribution in [0.25, 0.3) is 0 Å². The fourth-order valence-electron chi connectivity index (χ4n) is 2.35. The minimum absolute atomic E-state index is 0.125. The number of alkyl halides is 1. The maximum Gasteiger partial charge on any atom is 0.279 e. The first-order valence-corrected chi connectivity index (χ1v) is 9.28. The van der Waals surface area contributed by atoms with Crippen LogP contribution in [0.5, 0.6) is 0 Å². The van der Waals surface area contributed by atoms with E-state index in [0.717, 1.165) is 38.5 Å². The quantitative estimate of drug-likeness (QED) is 0.735. The summed E-state index contributed by atoms with van der Waals surface area (Å²) in [5.74, 6) is 0.489. The van der Waals surface area contributed by atoms with Gasteiger partial charge < -0.3 is 0 Å². The highest BCUT2D eigenvalue weighted by Gasteiger charge is 2.29. The van der Waals surface area contributed by atoms with Gasteiger partial charge in [0.15, 0.2) is 0 Å². The highest BCUT2D eigenvalue weighted by Crippen LogP contribution is 2.27. The Morgan fingerprint density at radius 3 is 2.05 bits per heavy atom. The van der Waals surface area contributed by atoms with Gasteiger partial charge in [-0.1, -0.05) is 26.7 Å². The van der Waals surface area contributed by atoms with Crippen molar-refractivity contribution in [2.75, 3.05) is 25.5 Å². The molecule has 4 nitrogen and oxygen atoms in total. The first kappa shape index (κ1) is 17.2. The predicted octanol–water partition coefficient (Wildman–Crippen LogP) is 2.74. The van der Waals surface area contributed by atoms with Gasteiger partial charge >= 0.3 is 0 Å². The molecule has 1 aliphatic heterocycles. The molecule has 0 bridgehead atoms. The van der Waals surface area contributed by atoms with Crippen LogP contribution in [0.15, 0.2) is 0 Å². The molecule has 0 aromatic rings. The molecule has 0 atom stereocenters. The summed E-state index contributed by atoms with van der Waals surface area (Å²) >= 11 is 6.02. The Hall–Kier alpha value is 0.160. The normalized spacial score (nSPS) is 19.3. The summed E-state index contributed by atoms with van der Waals surface area (Å²) in [6.45, 7) is 5.84. The van der Waals surface area contributed by atoms with Crippen molar-refractivity contribution in [2.45, 2.75) is 52.4 Å². The second-order valence-corrected chi connectivity index (χ2v) is 7.50. The summed E-state index contributed by atoms with van der Waals surface area (Å²) in [4.78, 5) is 0. The molecular formula is C13H27ClN2O2S. The summed E-state index contributed by atoms with van der Waals surface area (Å²) < 4.78 is 29.0. The molecule has 1 heterocycles. The van der Waals surface area contributed by atoms with Gasteiger partial charge in [0.25, 0.3) is 10.2 Å². The maximum absolute atomic E-state index is 12.3. The van der Waals surface area contributed by atoms with Crippen molar-refractivity contribution in [2.24, 2.45) is 5.41 Å². The minimum Gasteiger partial charge on any atom is -0.202 e. The SMILES string of the molecule is CCC(CC)(CCl)CNS(=O)(=O)N1CCCCCC1. The Morgan fingerprint density at radius 2 is 1.63 bits per heavy atom. The summed E-state index contributed by atoms with van der Waals surface area (Å²) in [7, 11) is -3.35. The lowest BCUT2D eigenvalue weighted by Gasteiger charge is -2.30. The molecule has 0 aliphatic carbocycles. The molecule has 1 saturated heterocycles. The van der Waals surface area contributed by atoms with Crippen molar-refractivity contribution < 1.29 is 8.42 Å². The van der Waals surface area contributed by atoms with E-state index in [0.29, 0.717) is 25.5 Å². The summed E-state index contributed by atoms with van der Waals surface area (Å²) in [6.07, 6.45) is 5.94. The van der Waals surface area contributed by atoms with Crippen LogP contribution in [0.1, 0.15) is 52.4 Å². The number of hydrogen-bond donors (Lipinski definition) is 1. The van der Waals surface area contributed by atoms with Crippen LogP contribution in [0.4, 0.5) is 0 Å². The van der Waals surface area contributed by atoms with E-state index in [1.54, 1.807) is 4.31 Å². The molecule has 114 valence electrons. The molecule has 0 aromatic heterocycles. The fourth-order valence-corrected chi connectivity index (χ4v) is 4.24. The Bertz CT molecular complexity index is 339. The van der Waals surface area contributed by atoms with Crippen molar-refractivity contribution >= 4 is 21.8 Å². The lowest BCUT2D eigenvalue weighted by molar-refractivity contribution is 0.299. The van der Waals surface area contributed by atoms with Gasteiger partial charge in [0.05, 0.1) is 0 Å². The predicted molar refractivity (Wildman–Crippen MR) is 80.7 cm³/mol. The van der Waals surface area contributed by atoms with Crippen molar-refractivity contribution in [1.82, 2.24) is 9.03 Å². The molecule has 19 heavy (non-hydrogen) atoms. The zero-order chi connectivity index (χ0) is 14.4. The van der Waals surface area contributed by atoms with E-state index in [9.17, 15) is 8.42 Å². The lowest BCUT2D eigenvalue weighted by Crippen LogP contribution is -2.46. The molecule has 0 aromatic carbocycles. The number of rotatable bonds is 7. The molecule has 0 saturated carbocycles. The number of nitrogens with one attached hydrogen (secondary N) is 1. The maximum atomic E-state index is 12.3. The lowest BCUT2D eigenvalue weighted by atomic mass is 9.85. The van der Waals surface area contributed by atoms with Crippen LogP contribution in [0.3, 0.4) is 0 Å². The standard InChI is InChI=1S/C13H27ClN2O2S/c1-3-13(4-2,11-14)12-15-19(17,18)16-9-7-5-6-8-10-16/h15H,3-12H2,1-2H3. The molecule has 0 spiro atoms. The Morgan fingerprint density at radius 1 is 1.11 bits per heavy atom. The molecule has 1 aliphatic rings. The van der Waals surface area contributed by atoms with E-state index >= 15 is 0 Å². The van der Waals surface area contributed by atoms with Crippen LogP contribution in [-0.2, 0) is 10.2 Å². The average Bonchev–Trinajstić information content (AvgIpc) is 2.70. The zero-order valence-corrected chi connectivity index (χ0v) is 13.7. The number of nitrogens with zero attached hydrogens (tertiary/aromatic N) is 1. The van der Waals surface area contributed by atoms with Crippen molar-refractivity contribution in [3.8, 4) is 0 Å². The van der Waals surface area contributed by atoms with Gasteiger partial charge in [-0.15, -0.1) is 11.6 Å². The van der Waals surface area contributed by atoms with Gasteiger partial charge in [0.1, 0.15) is 0 Å². The summed E-state index contributed by atoms with van der Waals surface area (Å²) in [6, 6.07) is 0. The molecule has 0 amide bonds. The highest BCUT2D eigenvalue weighted by atomic mass is 35.5. The third-order valence-electron chi connectivity index (χ3n) is 4.32. The van der Waals surface area contributed by atoms with Crippen LogP contribution in [0, 0.1) is 5.41 Å². The van der Waals surface area contributed by atoms with Crippen LogP contribution in [-0.4, -0.2) is 38.2 Å². The van der Waals surface area contributed by atoms with E-state index in [4.69, 9.17) is 11.6 Å². The second-order valence-electron chi connectivity index (χ2n) is 5.48. The van der Waals surface area contributed by atoms with Gasteiger partial charge in [-0.2, -0.15) is 12.7 Å². The smallest absolute Gasteiger partial charge is 0.202 e. The average molecular weight is 311 g/mol. The molecule has 1 fully saturated rings. The number of hydrogen-bond acceptors (Lipinski definition) is 2. The van der Waals surface area contributed by atoms with E-state index in [-0.39, 0.29) is 5.41 Å². The Labute approximate surface area is 123 Å². The van der Waals surface area contributed by atoms with Gasteiger partial charge in [-0.05, 0) is 31.1 Å². The van der Waals surface area contributed by atoms with E-state index < -0.39 is 10.2 Å². The summed E-state index contributed by atoms with van der Waals surface area (Å²) in [5, 5.41) is 0. The summed E-state index contributed by atoms with van der Waals surface area (Å²) in [5.41, 5.74) is -0.125. The van der Waals surface area contributed by atoms with Crippen LogP contribution >= 0.6 is 11.6 Å². The van der Waals surface area contributed by atoms with Crippen molar-refractivity contribution in [1.29, 1.82) is 0 Å². The molecule has 0 unspecified atom stereocenters. The monoisotopic (exact) mass is 310 g/mol. The second kappa shape index (κ2) is 7.81. The van der Waals surface area contributed by atoms with Gasteiger partial charge in [-0.25, -0.2) is 4.72 Å². The first-order chi connectivity index (χ1) is 8.99. The Kier molecular flexibility index (Phi) is 7.08. The zero-order valence-electron chi connectivity index (χ0n) is 12.1. The third-order valence-corrected chi connectivity index (χ3v) is 6.44. The van der Waals surface area contributed by atoms with Crippen molar-refractivity contribution in [3.63, 3.8) is 0 Å². The molecule has 0 radical (unpaired) electrons. The number of halogens is 1. The fraction of sp³-hybridized carbons (Fsp3) is 1.00. The van der Waals surface area contributed by atoms with Crippen LogP contribution < -0.4 is 4.72 Å². The highest BCUT2D eigenvalue weighted by molar-refractivity contribution is 7.87. The van der Waals surface area contributed by atoms with Crippen molar-refractivity contribution in [3.05, 3.63) is 0 Å². The van der Waals surface area contributed by atoms with Gasteiger partial charge in [0, 0.05) is 25.5 Å². The molecular weight excluding hydrogens is 284 g/mol. The molecule has 1 N–H and O–H groups in total. The molecule has 1 rings (SSSR count). The largest absolute Gasteiger partial charge is 0.279 e. The molecule has 6 heteroatoms. The van der Waals surface area contributed by atoms with E-state index in [2.05, 4.69) is 18.6 Å².